The fourth-order valence-corrected chi connectivity index (χ4v) is 5.81. The van der Waals surface area contributed by atoms with E-state index in [0.29, 0.717) is 35.2 Å². The Morgan fingerprint density at radius 2 is 1.58 bits per heavy atom. The largest absolute Gasteiger partial charge is 0.497 e. The molecule has 280 valence electrons. The molecule has 0 spiro atoms. The first-order valence-electron chi connectivity index (χ1n) is 16.5. The van der Waals surface area contributed by atoms with Gasteiger partial charge in [0.2, 0.25) is 17.7 Å². The van der Waals surface area contributed by atoms with Crippen LogP contribution < -0.4 is 26.0 Å². The maximum atomic E-state index is 13.6. The molecule has 0 saturated carbocycles. The molecule has 0 unspecified atom stereocenters. The minimum atomic E-state index is -3.79. The maximum Gasteiger partial charge on any atom is 0.408 e. The van der Waals surface area contributed by atoms with Crippen LogP contribution in [-0.2, 0) is 42.0 Å². The number of oxazole rings is 1. The Bertz CT molecular complexity index is 1540. The number of sulfone groups is 1. The molecule has 4 amide bonds. The van der Waals surface area contributed by atoms with Crippen LogP contribution >= 0.6 is 0 Å². The summed E-state index contributed by atoms with van der Waals surface area (Å²) < 4.78 is 40.3. The predicted octanol–water partition coefficient (Wildman–Crippen LogP) is 1.97. The summed E-state index contributed by atoms with van der Waals surface area (Å²) in [5, 5.41) is 22.0. The van der Waals surface area contributed by atoms with Crippen LogP contribution in [0, 0.1) is 31.6 Å². The Kier molecular flexibility index (Phi) is 16.2. The molecule has 16 heteroatoms. The zero-order valence-corrected chi connectivity index (χ0v) is 31.2. The van der Waals surface area contributed by atoms with E-state index in [9.17, 15) is 32.7 Å². The van der Waals surface area contributed by atoms with Crippen molar-refractivity contribution in [3.05, 3.63) is 47.2 Å². The fourth-order valence-electron chi connectivity index (χ4n) is 4.97. The first-order valence-corrected chi connectivity index (χ1v) is 18.6. The summed E-state index contributed by atoms with van der Waals surface area (Å²) in [5.74, 6) is -1.80. The highest BCUT2D eigenvalue weighted by Gasteiger charge is 2.33. The summed E-state index contributed by atoms with van der Waals surface area (Å²) in [5.41, 5.74) is 1.05. The van der Waals surface area contributed by atoms with Crippen LogP contribution in [0.3, 0.4) is 0 Å². The molecule has 0 aliphatic rings. The fraction of sp³-hybridized carbons (Fsp3) is 0.618. The van der Waals surface area contributed by atoms with Crippen molar-refractivity contribution in [3.8, 4) is 5.75 Å². The van der Waals surface area contributed by atoms with Crippen molar-refractivity contribution in [2.24, 2.45) is 17.8 Å². The number of aliphatic hydroxyl groups excluding tert-OH is 1. The third-order valence-corrected chi connectivity index (χ3v) is 8.74. The average molecular weight is 724 g/mol. The van der Waals surface area contributed by atoms with Crippen molar-refractivity contribution >= 4 is 33.7 Å². The lowest BCUT2D eigenvalue weighted by Gasteiger charge is -2.29. The van der Waals surface area contributed by atoms with Crippen molar-refractivity contribution in [3.63, 3.8) is 0 Å². The molecule has 2 aromatic rings. The normalized spacial score (nSPS) is 14.6. The summed E-state index contributed by atoms with van der Waals surface area (Å²) in [6.45, 7) is 12.6. The number of benzene rings is 1. The third kappa shape index (κ3) is 14.4. The molecule has 1 aromatic heterocycles. The zero-order valence-electron chi connectivity index (χ0n) is 30.4. The van der Waals surface area contributed by atoms with E-state index in [1.165, 1.54) is 7.11 Å². The number of aryl methyl sites for hydroxylation is 2. The van der Waals surface area contributed by atoms with E-state index in [2.05, 4.69) is 26.3 Å². The zero-order chi connectivity index (χ0) is 37.8. The monoisotopic (exact) mass is 723 g/mol. The molecular formula is C34H53N5O10S. The number of methoxy groups -OCH3 is 1. The molecule has 0 radical (unpaired) electrons. The molecule has 50 heavy (non-hydrogen) atoms. The van der Waals surface area contributed by atoms with Gasteiger partial charge in [-0.25, -0.2) is 18.2 Å². The summed E-state index contributed by atoms with van der Waals surface area (Å²) in [7, 11) is -2.28. The van der Waals surface area contributed by atoms with Crippen molar-refractivity contribution < 1.29 is 46.6 Å². The van der Waals surface area contributed by atoms with Crippen LogP contribution in [0.1, 0.15) is 63.9 Å². The lowest BCUT2D eigenvalue weighted by Crippen LogP contribution is -2.56. The number of nitrogens with zero attached hydrogens (tertiary/aromatic N) is 1. The Morgan fingerprint density at radius 1 is 0.940 bits per heavy atom. The maximum absolute atomic E-state index is 13.6. The second-order valence-corrected chi connectivity index (χ2v) is 15.5. The number of ether oxygens (including phenoxy) is 2. The number of rotatable bonds is 19. The minimum absolute atomic E-state index is 0.0816. The molecule has 5 N–H and O–H groups in total. The number of amides is 4. The van der Waals surface area contributed by atoms with Gasteiger partial charge in [0.1, 0.15) is 45.7 Å². The predicted molar refractivity (Wildman–Crippen MR) is 186 cm³/mol. The molecule has 5 atom stereocenters. The average Bonchev–Trinajstić information content (AvgIpc) is 3.36. The third-order valence-electron chi connectivity index (χ3n) is 7.80. The summed E-state index contributed by atoms with van der Waals surface area (Å²) >= 11 is 0. The number of aromatic nitrogens is 1. The topological polar surface area (TPSA) is 215 Å². The Balaban J connectivity index is 2.25. The molecule has 1 aromatic carbocycles. The molecular weight excluding hydrogens is 670 g/mol. The SMILES string of the molecule is COc1ccc(C[C@H](NC(=O)[C@H](CS(C)(=O)=O)NC(=O)OCc2nc(C)oc2C)[C@@H](O)C[C@@H](C)C(=O)N[C@H](C(=O)NCC(C)C)C(C)C)cc1. The lowest BCUT2D eigenvalue weighted by atomic mass is 9.92. The number of nitrogens with one attached hydrogen (secondary N) is 4. The highest BCUT2D eigenvalue weighted by Crippen LogP contribution is 2.18. The molecule has 0 aliphatic carbocycles. The van der Waals surface area contributed by atoms with Gasteiger partial charge >= 0.3 is 6.09 Å². The highest BCUT2D eigenvalue weighted by molar-refractivity contribution is 7.90. The highest BCUT2D eigenvalue weighted by atomic mass is 32.2. The molecule has 15 nitrogen and oxygen atoms in total. The van der Waals surface area contributed by atoms with Crippen LogP contribution in [0.15, 0.2) is 28.7 Å². The van der Waals surface area contributed by atoms with Crippen LogP contribution in [-0.4, -0.2) is 92.2 Å². The van der Waals surface area contributed by atoms with E-state index >= 15 is 0 Å². The summed E-state index contributed by atoms with van der Waals surface area (Å²) in [6, 6.07) is 3.48. The summed E-state index contributed by atoms with van der Waals surface area (Å²) in [4.78, 5) is 56.4. The number of hydrogen-bond acceptors (Lipinski definition) is 11. The minimum Gasteiger partial charge on any atom is -0.497 e. The Hall–Kier alpha value is -4.18. The van der Waals surface area contributed by atoms with Gasteiger partial charge < -0.3 is 40.3 Å². The molecule has 0 bridgehead atoms. The van der Waals surface area contributed by atoms with E-state index in [0.717, 1.165) is 6.26 Å². The quantitative estimate of drug-likeness (QED) is 0.141. The van der Waals surface area contributed by atoms with Crippen molar-refractivity contribution in [1.82, 2.24) is 26.3 Å². The smallest absolute Gasteiger partial charge is 0.408 e. The summed E-state index contributed by atoms with van der Waals surface area (Å²) in [6.07, 6.45) is -1.49. The van der Waals surface area contributed by atoms with Gasteiger partial charge in [0.25, 0.3) is 0 Å². The number of hydrogen-bond donors (Lipinski definition) is 5. The van der Waals surface area contributed by atoms with Gasteiger partial charge in [-0.05, 0) is 49.3 Å². The number of alkyl carbamates (subject to hydrolysis) is 1. The van der Waals surface area contributed by atoms with E-state index in [-0.39, 0.29) is 37.2 Å². The van der Waals surface area contributed by atoms with Gasteiger partial charge in [-0.3, -0.25) is 14.4 Å². The van der Waals surface area contributed by atoms with E-state index in [4.69, 9.17) is 13.9 Å². The van der Waals surface area contributed by atoms with Crippen LogP contribution in [0.4, 0.5) is 4.79 Å². The Morgan fingerprint density at radius 3 is 2.10 bits per heavy atom. The second kappa shape index (κ2) is 19.3. The number of carbonyl (C=O) groups is 4. The molecule has 1 heterocycles. The van der Waals surface area contributed by atoms with Crippen LogP contribution in [0.5, 0.6) is 5.75 Å². The van der Waals surface area contributed by atoms with E-state index < -0.39 is 63.6 Å². The van der Waals surface area contributed by atoms with Gasteiger partial charge in [0, 0.05) is 25.6 Å². The van der Waals surface area contributed by atoms with Gasteiger partial charge in [-0.2, -0.15) is 0 Å². The van der Waals surface area contributed by atoms with Crippen molar-refractivity contribution in [2.45, 2.75) is 92.1 Å². The number of carbonyl (C=O) groups excluding carboxylic acids is 4. The van der Waals surface area contributed by atoms with E-state index in [1.54, 1.807) is 45.0 Å². The number of aliphatic hydroxyl groups is 1. The van der Waals surface area contributed by atoms with Crippen molar-refractivity contribution in [2.75, 3.05) is 25.7 Å². The lowest BCUT2D eigenvalue weighted by molar-refractivity contribution is -0.132. The van der Waals surface area contributed by atoms with Gasteiger partial charge in [-0.15, -0.1) is 0 Å². The van der Waals surface area contributed by atoms with Gasteiger partial charge in [0.15, 0.2) is 5.89 Å². The molecule has 0 saturated heterocycles. The van der Waals surface area contributed by atoms with Gasteiger partial charge in [-0.1, -0.05) is 46.8 Å². The van der Waals surface area contributed by atoms with E-state index in [1.807, 2.05) is 27.7 Å². The molecule has 2 rings (SSSR count). The molecule has 0 fully saturated rings. The standard InChI is InChI=1S/C34H53N5O10S/c1-19(2)16-35-33(43)30(20(3)4)39-31(41)21(5)14-29(40)26(15-24-10-12-25(47-8)13-11-24)37-32(42)28(18-50(9,45)46)38-34(44)48-17-27-22(6)49-23(7)36-27/h10-13,19-21,26,28-30,40H,14-18H2,1-9H3,(H,35,43)(H,37,42)(H,38,44)(H,39,41)/t21-,26+,28+,29+,30+/m1/s1. The first-order chi connectivity index (χ1) is 23.3. The first kappa shape index (κ1) is 42.0. The van der Waals surface area contributed by atoms with Crippen LogP contribution in [0.25, 0.3) is 0 Å². The van der Waals surface area contributed by atoms with Crippen molar-refractivity contribution in [1.29, 1.82) is 0 Å². The van der Waals surface area contributed by atoms with Crippen LogP contribution in [0.2, 0.25) is 0 Å². The molecule has 0 aliphatic heterocycles. The van der Waals surface area contributed by atoms with Gasteiger partial charge in [0.05, 0.1) is 25.0 Å². The Labute approximate surface area is 294 Å². The second-order valence-electron chi connectivity index (χ2n) is 13.3.